The van der Waals surface area contributed by atoms with E-state index in [0.717, 1.165) is 36.8 Å². The molecule has 2 aromatic heterocycles. The lowest BCUT2D eigenvalue weighted by Crippen LogP contribution is -2.51. The van der Waals surface area contributed by atoms with Gasteiger partial charge in [0, 0.05) is 111 Å². The van der Waals surface area contributed by atoms with Gasteiger partial charge in [-0.25, -0.2) is 24.2 Å². The molecule has 2 saturated heterocycles. The topological polar surface area (TPSA) is 288 Å². The van der Waals surface area contributed by atoms with Crippen LogP contribution in [0, 0.1) is 0 Å². The summed E-state index contributed by atoms with van der Waals surface area (Å²) in [4.78, 5) is 114. The van der Waals surface area contributed by atoms with E-state index >= 15 is 0 Å². The van der Waals surface area contributed by atoms with Crippen LogP contribution in [0.25, 0.3) is 22.3 Å². The Morgan fingerprint density at radius 1 is 0.915 bits per heavy atom. The van der Waals surface area contributed by atoms with Crippen molar-refractivity contribution in [3.63, 3.8) is 0 Å². The quantitative estimate of drug-likeness (QED) is 0.0558. The number of carboxylic acid groups (broad SMARTS) is 1. The number of guanidine groups is 1. The first-order valence-electron chi connectivity index (χ1n) is 27.4. The molecule has 0 saturated carbocycles. The van der Waals surface area contributed by atoms with Gasteiger partial charge in [-0.1, -0.05) is 30.3 Å². The Morgan fingerprint density at radius 2 is 1.66 bits per heavy atom. The summed E-state index contributed by atoms with van der Waals surface area (Å²) in [5, 5.41) is 35.0. The second kappa shape index (κ2) is 23.6. The number of aliphatic carboxylic acids is 1. The molecule has 7 heterocycles. The highest BCUT2D eigenvalue weighted by Gasteiger charge is 2.45. The fourth-order valence-corrected chi connectivity index (χ4v) is 10.5. The largest absolute Gasteiger partial charge is 0.480 e. The Bertz CT molecular complexity index is 3450. The summed E-state index contributed by atoms with van der Waals surface area (Å²) in [7, 11) is 0. The van der Waals surface area contributed by atoms with Crippen LogP contribution in [0.5, 0.6) is 5.75 Å². The molecule has 0 bridgehead atoms. The minimum atomic E-state index is -2.00. The molecule has 4 amide bonds. The number of oxime groups is 1. The average Bonchev–Trinajstić information content (AvgIpc) is 2.85. The zero-order valence-electron chi connectivity index (χ0n) is 46.1. The van der Waals surface area contributed by atoms with Crippen molar-refractivity contribution in [1.29, 1.82) is 0 Å². The third-order valence-electron chi connectivity index (χ3n) is 15.1. The van der Waals surface area contributed by atoms with Crippen molar-refractivity contribution in [2.24, 2.45) is 10.1 Å². The molecular formula is C58H65N11O13. The lowest BCUT2D eigenvalue weighted by molar-refractivity contribution is -0.172. The van der Waals surface area contributed by atoms with Crippen molar-refractivity contribution < 1.29 is 58.0 Å². The molecule has 0 aliphatic carbocycles. The number of carbonyl (C=O) groups is 6. The highest BCUT2D eigenvalue weighted by molar-refractivity contribution is 6.03. The highest BCUT2D eigenvalue weighted by atomic mass is 16.6. The van der Waals surface area contributed by atoms with Gasteiger partial charge >= 0.3 is 24.1 Å². The summed E-state index contributed by atoms with van der Waals surface area (Å²) in [6, 6.07) is 19.6. The Kier molecular flexibility index (Phi) is 16.2. The van der Waals surface area contributed by atoms with Crippen LogP contribution >= 0.6 is 0 Å². The summed E-state index contributed by atoms with van der Waals surface area (Å²) in [5.74, 6) is -1.65. The molecule has 24 heteroatoms. The van der Waals surface area contributed by atoms with Gasteiger partial charge in [0.25, 0.3) is 11.5 Å². The lowest BCUT2D eigenvalue weighted by Gasteiger charge is -2.36. The number of carboxylic acids is 1. The number of piperazine rings is 2. The number of aromatic nitrogens is 2. The van der Waals surface area contributed by atoms with Gasteiger partial charge in [0.2, 0.25) is 5.91 Å². The third-order valence-corrected chi connectivity index (χ3v) is 15.1. The van der Waals surface area contributed by atoms with Gasteiger partial charge in [0.15, 0.2) is 11.6 Å². The predicted molar refractivity (Wildman–Crippen MR) is 301 cm³/mol. The molecule has 3 aromatic carbocycles. The number of nitrogens with zero attached hydrogens (tertiary/aromatic N) is 8. The second-order valence-electron chi connectivity index (χ2n) is 21.6. The average molecular weight is 1120 g/mol. The number of hydrogen-bond acceptors (Lipinski definition) is 18. The lowest BCUT2D eigenvalue weighted by atomic mass is 9.86. The molecule has 5 N–H and O–H groups in total. The van der Waals surface area contributed by atoms with Gasteiger partial charge in [0.1, 0.15) is 30.6 Å². The van der Waals surface area contributed by atoms with Gasteiger partial charge in [-0.2, -0.15) is 0 Å². The number of esters is 1. The van der Waals surface area contributed by atoms with E-state index in [2.05, 4.69) is 31.0 Å². The van der Waals surface area contributed by atoms with Crippen LogP contribution in [0.15, 0.2) is 87.7 Å². The first-order chi connectivity index (χ1) is 39.3. The summed E-state index contributed by atoms with van der Waals surface area (Å²) in [6.45, 7) is 11.4. The highest BCUT2D eigenvalue weighted by Crippen LogP contribution is 2.40. The van der Waals surface area contributed by atoms with Crippen molar-refractivity contribution in [1.82, 2.24) is 34.9 Å². The number of rotatable bonds is 14. The van der Waals surface area contributed by atoms with Crippen LogP contribution in [-0.2, 0) is 54.1 Å². The fourth-order valence-electron chi connectivity index (χ4n) is 10.5. The molecule has 5 aromatic rings. The number of alkyl carbamates (subject to hydrolysis) is 1. The molecule has 5 aliphatic rings. The molecule has 5 aliphatic heterocycles. The molecule has 0 spiro atoms. The van der Waals surface area contributed by atoms with E-state index < -0.39 is 46.9 Å². The van der Waals surface area contributed by atoms with Gasteiger partial charge in [-0.15, -0.1) is 0 Å². The zero-order valence-corrected chi connectivity index (χ0v) is 46.1. The van der Waals surface area contributed by atoms with Gasteiger partial charge in [0.05, 0.1) is 35.2 Å². The molecule has 2 fully saturated rings. The SMILES string of the molecule is CCC1(O)C(=O)OCc2c1cc1n(c2=O)Cc2c-1nc1ccc(OC(=O)N3CCN(C(=O)c4ccc(COC(=O)NC(CCC(=O)N5CCN(c6cccc(NC7=NCCCN7)c6)CC5)C(=O)O)cc4)CC3)cc1c2C=NOC(C)(C)C. The minimum Gasteiger partial charge on any atom is -0.480 e. The van der Waals surface area contributed by atoms with E-state index in [0.29, 0.717) is 70.7 Å². The smallest absolute Gasteiger partial charge is 0.415 e. The van der Waals surface area contributed by atoms with Crippen LogP contribution in [0.4, 0.5) is 21.0 Å². The number of pyridine rings is 2. The molecular weight excluding hydrogens is 1060 g/mol. The number of ether oxygens (including phenoxy) is 3. The molecule has 82 heavy (non-hydrogen) atoms. The molecule has 2 atom stereocenters. The van der Waals surface area contributed by atoms with Crippen molar-refractivity contribution in [2.75, 3.05) is 75.7 Å². The van der Waals surface area contributed by atoms with Crippen LogP contribution in [0.2, 0.25) is 0 Å². The van der Waals surface area contributed by atoms with Gasteiger partial charge in [-0.3, -0.25) is 19.4 Å². The maximum absolute atomic E-state index is 13.9. The Labute approximate surface area is 471 Å². The Morgan fingerprint density at radius 3 is 2.37 bits per heavy atom. The number of aliphatic hydroxyl groups is 1. The van der Waals surface area contributed by atoms with Crippen molar-refractivity contribution in [2.45, 2.75) is 90.4 Å². The number of hydrogen-bond donors (Lipinski definition) is 5. The van der Waals surface area contributed by atoms with Crippen LogP contribution in [0.1, 0.15) is 91.6 Å². The number of nitrogens with one attached hydrogen (secondary N) is 3. The third kappa shape index (κ3) is 12.2. The Hall–Kier alpha value is -9.06. The van der Waals surface area contributed by atoms with Crippen molar-refractivity contribution in [3.05, 3.63) is 117 Å². The van der Waals surface area contributed by atoms with E-state index in [1.807, 2.05) is 45.0 Å². The molecule has 0 radical (unpaired) electrons. The van der Waals surface area contributed by atoms with Crippen LogP contribution in [-0.4, -0.2) is 160 Å². The fraction of sp³-hybridized carbons (Fsp3) is 0.414. The number of fused-ring (bicyclic) bond motifs is 5. The monoisotopic (exact) mass is 1120 g/mol. The normalized spacial score (nSPS) is 18.1. The maximum atomic E-state index is 13.9. The number of cyclic esters (lactones) is 1. The summed E-state index contributed by atoms with van der Waals surface area (Å²) in [5.41, 5.74) is 2.71. The van der Waals surface area contributed by atoms with Gasteiger partial charge < -0.3 is 69.4 Å². The molecule has 430 valence electrons. The summed E-state index contributed by atoms with van der Waals surface area (Å²) >= 11 is 0. The zero-order chi connectivity index (χ0) is 57.9. The Balaban J connectivity index is 0.694. The maximum Gasteiger partial charge on any atom is 0.415 e. The van der Waals surface area contributed by atoms with E-state index in [9.17, 15) is 43.8 Å². The van der Waals surface area contributed by atoms with Crippen molar-refractivity contribution in [3.8, 4) is 17.1 Å². The number of amides is 4. The van der Waals surface area contributed by atoms with Crippen LogP contribution in [0.3, 0.4) is 0 Å². The van der Waals surface area contributed by atoms with E-state index in [1.54, 1.807) is 65.3 Å². The summed E-state index contributed by atoms with van der Waals surface area (Å²) < 4.78 is 18.0. The predicted octanol–water partition coefficient (Wildman–Crippen LogP) is 4.76. The number of carbonyl (C=O) groups excluding carboxylic acids is 5. The standard InChI is InChI=1S/C58H65N11O13/c1-5-58(78)44-30-47-49-42(32-69(47)51(72)43(44)34-79-53(58)75)41(31-61-82-57(2,3)4)40-29-39(14-15-45(40)63-49)81-56(77)68-26-24-67(25-27-68)50(71)36-12-10-35(11-13-36)33-80-55(76)64-46(52(73)74)16-17-48(70)66-22-20-65(21-23-66)38-9-6-8-37(28-38)62-54-59-18-7-19-60-54/h6,8-15,28-31,46,78H,5,7,16-27,32-34H2,1-4H3,(H,64,76)(H,73,74)(H2,59,60,62). The second-order valence-corrected chi connectivity index (χ2v) is 21.6. The van der Waals surface area contributed by atoms with E-state index in [1.165, 1.54) is 15.7 Å². The summed E-state index contributed by atoms with van der Waals surface area (Å²) in [6.07, 6.45) is 0.715. The molecule has 2 unspecified atom stereocenters. The number of aliphatic imine (C=N–C) groups is 1. The van der Waals surface area contributed by atoms with E-state index in [4.69, 9.17) is 24.0 Å². The number of benzene rings is 3. The van der Waals surface area contributed by atoms with Gasteiger partial charge in [-0.05, 0) is 100 Å². The first kappa shape index (κ1) is 56.2. The molecule has 10 rings (SSSR count). The molecule has 24 nitrogen and oxygen atoms in total. The first-order valence-corrected chi connectivity index (χ1v) is 27.4. The van der Waals surface area contributed by atoms with E-state index in [-0.39, 0.29) is 93.9 Å². The minimum absolute atomic E-state index is 0.00299. The van der Waals surface area contributed by atoms with Crippen LogP contribution < -0.4 is 31.1 Å². The number of anilines is 2. The van der Waals surface area contributed by atoms with Crippen molar-refractivity contribution >= 4 is 70.4 Å².